The first kappa shape index (κ1) is 21.6. The minimum Gasteiger partial charge on any atom is -0.369 e. The number of hydrogen-bond donors (Lipinski definition) is 1. The fourth-order valence-corrected chi connectivity index (χ4v) is 4.06. The Morgan fingerprint density at radius 1 is 0.906 bits per heavy atom. The zero-order chi connectivity index (χ0) is 22.7. The molecule has 0 unspecified atom stereocenters. The van der Waals surface area contributed by atoms with E-state index in [1.807, 2.05) is 36.0 Å². The summed E-state index contributed by atoms with van der Waals surface area (Å²) >= 11 is 0. The van der Waals surface area contributed by atoms with Gasteiger partial charge in [0.05, 0.1) is 17.6 Å². The molecule has 2 aliphatic heterocycles. The van der Waals surface area contributed by atoms with Gasteiger partial charge in [-0.05, 0) is 44.1 Å². The molecule has 0 aromatic heterocycles. The van der Waals surface area contributed by atoms with Gasteiger partial charge in [0.25, 0.3) is 0 Å². The third kappa shape index (κ3) is 4.24. The highest BCUT2D eigenvalue weighted by Crippen LogP contribution is 2.34. The molecule has 0 amide bonds. The van der Waals surface area contributed by atoms with E-state index < -0.39 is 0 Å². The molecule has 0 radical (unpaired) electrons. The van der Waals surface area contributed by atoms with Gasteiger partial charge in [0, 0.05) is 57.2 Å². The van der Waals surface area contributed by atoms with Crippen LogP contribution in [0.5, 0.6) is 0 Å². The molecule has 32 heavy (non-hydrogen) atoms. The van der Waals surface area contributed by atoms with Crippen molar-refractivity contribution in [1.82, 2.24) is 9.80 Å². The Morgan fingerprint density at radius 2 is 1.59 bits per heavy atom. The first-order chi connectivity index (χ1) is 15.5. The number of anilines is 3. The Labute approximate surface area is 190 Å². The molecule has 2 heterocycles. The fourth-order valence-electron chi connectivity index (χ4n) is 4.06. The standard InChI is InChI=1S/C25H31N7/c1-19-22-8-6-7-9-23(22)31(5)25(24(18-26-2)30(19)4)28-27-20-10-12-21(13-11-20)32-16-14-29(3)15-17-32/h6-13,18,27H,1-2,14-17H2,3-5H3/b24-18?,28-25+. The first-order valence-electron chi connectivity index (χ1n) is 10.8. The lowest BCUT2D eigenvalue weighted by Crippen LogP contribution is -2.44. The normalized spacial score (nSPS) is 19.8. The van der Waals surface area contributed by atoms with Crippen LogP contribution in [0.1, 0.15) is 5.56 Å². The number of likely N-dealkylation sites (N-methyl/N-ethyl adjacent to an activating group) is 3. The summed E-state index contributed by atoms with van der Waals surface area (Å²) in [4.78, 5) is 12.8. The molecule has 0 atom stereocenters. The van der Waals surface area contributed by atoms with Crippen LogP contribution in [0.15, 0.2) is 77.1 Å². The molecule has 7 heteroatoms. The van der Waals surface area contributed by atoms with Crippen LogP contribution in [0.4, 0.5) is 17.1 Å². The molecule has 0 bridgehead atoms. The Kier molecular flexibility index (Phi) is 6.28. The van der Waals surface area contributed by atoms with Gasteiger partial charge in [0.15, 0.2) is 5.84 Å². The topological polar surface area (TPSA) is 49.7 Å². The Balaban J connectivity index is 1.60. The van der Waals surface area contributed by atoms with E-state index >= 15 is 0 Å². The predicted octanol–water partition coefficient (Wildman–Crippen LogP) is 3.76. The highest BCUT2D eigenvalue weighted by atomic mass is 15.4. The quantitative estimate of drug-likeness (QED) is 0.592. The van der Waals surface area contributed by atoms with E-state index in [1.54, 1.807) is 6.20 Å². The molecule has 7 nitrogen and oxygen atoms in total. The minimum atomic E-state index is 0.731. The summed E-state index contributed by atoms with van der Waals surface area (Å²) in [5.74, 6) is 0.731. The summed E-state index contributed by atoms with van der Waals surface area (Å²) < 4.78 is 0. The lowest BCUT2D eigenvalue weighted by molar-refractivity contribution is 0.313. The van der Waals surface area contributed by atoms with Crippen LogP contribution in [0.3, 0.4) is 0 Å². The molecule has 1 fully saturated rings. The number of benzene rings is 2. The molecule has 2 aromatic rings. The van der Waals surface area contributed by atoms with Crippen molar-refractivity contribution in [3.63, 3.8) is 0 Å². The second kappa shape index (κ2) is 9.28. The van der Waals surface area contributed by atoms with Crippen molar-refractivity contribution in [3.05, 3.63) is 72.6 Å². The van der Waals surface area contributed by atoms with Gasteiger partial charge in [-0.15, -0.1) is 0 Å². The molecule has 2 aromatic carbocycles. The number of hydrogen-bond acceptors (Lipinski definition) is 6. The van der Waals surface area contributed by atoms with Crippen LogP contribution in [0, 0.1) is 0 Å². The Morgan fingerprint density at radius 3 is 2.28 bits per heavy atom. The molecule has 1 N–H and O–H groups in total. The molecule has 4 rings (SSSR count). The lowest BCUT2D eigenvalue weighted by Gasteiger charge is -2.34. The van der Waals surface area contributed by atoms with Crippen molar-refractivity contribution in [1.29, 1.82) is 0 Å². The molecular weight excluding hydrogens is 398 g/mol. The number of nitrogens with one attached hydrogen (secondary N) is 1. The summed E-state index contributed by atoms with van der Waals surface area (Å²) in [5.41, 5.74) is 9.16. The van der Waals surface area contributed by atoms with Gasteiger partial charge in [-0.1, -0.05) is 24.8 Å². The van der Waals surface area contributed by atoms with Crippen molar-refractivity contribution in [3.8, 4) is 0 Å². The SMILES string of the molecule is C=NC=C1/C(=N\Nc2ccc(N3CCN(C)CC3)cc2)N(C)c2ccccc2C(=C)N1C. The predicted molar refractivity (Wildman–Crippen MR) is 136 cm³/mol. The van der Waals surface area contributed by atoms with Gasteiger partial charge in [-0.25, -0.2) is 0 Å². The van der Waals surface area contributed by atoms with E-state index in [-0.39, 0.29) is 0 Å². The van der Waals surface area contributed by atoms with Crippen LogP contribution in [-0.2, 0) is 0 Å². The molecule has 1 saturated heterocycles. The van der Waals surface area contributed by atoms with Gasteiger partial charge >= 0.3 is 0 Å². The molecule has 0 spiro atoms. The van der Waals surface area contributed by atoms with Crippen LogP contribution in [-0.4, -0.2) is 69.7 Å². The molecule has 2 aliphatic rings. The molecule has 0 saturated carbocycles. The molecular formula is C25H31N7. The van der Waals surface area contributed by atoms with E-state index in [4.69, 9.17) is 5.10 Å². The average Bonchev–Trinajstić information content (AvgIpc) is 2.89. The van der Waals surface area contributed by atoms with Crippen molar-refractivity contribution in [2.45, 2.75) is 0 Å². The van der Waals surface area contributed by atoms with E-state index in [1.165, 1.54) is 5.69 Å². The molecule has 166 valence electrons. The van der Waals surface area contributed by atoms with E-state index in [0.29, 0.717) is 0 Å². The zero-order valence-electron chi connectivity index (χ0n) is 19.1. The largest absolute Gasteiger partial charge is 0.369 e. The number of hydrazone groups is 1. The van der Waals surface area contributed by atoms with Gasteiger partial charge < -0.3 is 19.6 Å². The maximum Gasteiger partial charge on any atom is 0.178 e. The number of nitrogens with zero attached hydrogens (tertiary/aromatic N) is 6. The summed E-state index contributed by atoms with van der Waals surface area (Å²) in [7, 11) is 6.14. The maximum absolute atomic E-state index is 4.76. The van der Waals surface area contributed by atoms with E-state index in [9.17, 15) is 0 Å². The van der Waals surface area contributed by atoms with Crippen molar-refractivity contribution in [2.24, 2.45) is 10.1 Å². The summed E-state index contributed by atoms with van der Waals surface area (Å²) in [6, 6.07) is 16.6. The number of rotatable bonds is 4. The van der Waals surface area contributed by atoms with Crippen molar-refractivity contribution >= 4 is 35.3 Å². The number of aliphatic imine (C=N–C) groups is 1. The number of piperazine rings is 1. The van der Waals surface area contributed by atoms with Crippen LogP contribution < -0.4 is 15.2 Å². The number of amidine groups is 1. The maximum atomic E-state index is 4.76. The lowest BCUT2D eigenvalue weighted by atomic mass is 10.1. The first-order valence-corrected chi connectivity index (χ1v) is 10.8. The van der Waals surface area contributed by atoms with Gasteiger partial charge in [-0.2, -0.15) is 5.10 Å². The van der Waals surface area contributed by atoms with Crippen LogP contribution >= 0.6 is 0 Å². The second-order valence-corrected chi connectivity index (χ2v) is 8.16. The number of fused-ring (bicyclic) bond motifs is 1. The van der Waals surface area contributed by atoms with Gasteiger partial charge in [0.1, 0.15) is 5.70 Å². The third-order valence-corrected chi connectivity index (χ3v) is 6.13. The smallest absolute Gasteiger partial charge is 0.178 e. The third-order valence-electron chi connectivity index (χ3n) is 6.13. The van der Waals surface area contributed by atoms with E-state index in [0.717, 1.165) is 60.3 Å². The fraction of sp³-hybridized carbons (Fsp3) is 0.280. The number of para-hydroxylation sites is 1. The summed E-state index contributed by atoms with van der Waals surface area (Å²) in [5, 5.41) is 4.76. The second-order valence-electron chi connectivity index (χ2n) is 8.16. The highest BCUT2D eigenvalue weighted by molar-refractivity contribution is 6.12. The Hall–Kier alpha value is -3.58. The van der Waals surface area contributed by atoms with Gasteiger partial charge in [0.2, 0.25) is 0 Å². The summed E-state index contributed by atoms with van der Waals surface area (Å²) in [6.45, 7) is 12.2. The highest BCUT2D eigenvalue weighted by Gasteiger charge is 2.27. The average molecular weight is 430 g/mol. The van der Waals surface area contributed by atoms with Crippen LogP contribution in [0.25, 0.3) is 5.70 Å². The monoisotopic (exact) mass is 429 g/mol. The van der Waals surface area contributed by atoms with Gasteiger partial charge in [-0.3, -0.25) is 10.4 Å². The van der Waals surface area contributed by atoms with Crippen molar-refractivity contribution in [2.75, 3.05) is 62.5 Å². The zero-order valence-corrected chi connectivity index (χ0v) is 19.1. The summed E-state index contributed by atoms with van der Waals surface area (Å²) in [6.07, 6.45) is 1.71. The minimum absolute atomic E-state index is 0.731. The Bertz CT molecular complexity index is 1050. The van der Waals surface area contributed by atoms with Crippen LogP contribution in [0.2, 0.25) is 0 Å². The van der Waals surface area contributed by atoms with E-state index in [2.05, 4.69) is 77.0 Å². The molecule has 0 aliphatic carbocycles. The van der Waals surface area contributed by atoms with Crippen molar-refractivity contribution < 1.29 is 0 Å².